The Morgan fingerprint density at radius 2 is 2.33 bits per heavy atom. The van der Waals surface area contributed by atoms with Gasteiger partial charge in [0.2, 0.25) is 5.91 Å². The lowest BCUT2D eigenvalue weighted by Crippen LogP contribution is -2.54. The van der Waals surface area contributed by atoms with Crippen molar-refractivity contribution in [2.75, 3.05) is 26.2 Å². The molecular formula is C14H24N2O2. The van der Waals surface area contributed by atoms with Crippen LogP contribution in [-0.2, 0) is 4.79 Å². The highest BCUT2D eigenvalue weighted by molar-refractivity contribution is 5.78. The topological polar surface area (TPSA) is 52.6 Å². The number of aliphatic hydroxyl groups is 1. The number of hydrogen-bond donors (Lipinski definition) is 2. The Balaban J connectivity index is 1.83. The third-order valence-corrected chi connectivity index (χ3v) is 4.32. The minimum Gasteiger partial charge on any atom is -0.390 e. The van der Waals surface area contributed by atoms with Gasteiger partial charge in [0.15, 0.2) is 0 Å². The van der Waals surface area contributed by atoms with E-state index in [2.05, 4.69) is 16.8 Å². The second-order valence-corrected chi connectivity index (χ2v) is 5.62. The van der Waals surface area contributed by atoms with Crippen LogP contribution in [0.5, 0.6) is 0 Å². The van der Waals surface area contributed by atoms with Crippen LogP contribution in [0, 0.1) is 5.92 Å². The predicted octanol–water partition coefficient (Wildman–Crippen LogP) is 0.916. The molecule has 4 nitrogen and oxygen atoms in total. The molecule has 2 unspecified atom stereocenters. The van der Waals surface area contributed by atoms with Gasteiger partial charge in [0.25, 0.3) is 0 Å². The molecule has 1 aliphatic carbocycles. The molecule has 1 aliphatic heterocycles. The van der Waals surface area contributed by atoms with E-state index in [1.165, 1.54) is 6.42 Å². The molecular weight excluding hydrogens is 228 g/mol. The minimum atomic E-state index is -0.452. The van der Waals surface area contributed by atoms with Crippen molar-refractivity contribution < 1.29 is 9.90 Å². The Labute approximate surface area is 109 Å². The molecule has 2 N–H and O–H groups in total. The molecule has 1 amide bonds. The van der Waals surface area contributed by atoms with Crippen molar-refractivity contribution in [3.05, 3.63) is 12.7 Å². The number of likely N-dealkylation sites (tertiary alicyclic amines) is 1. The van der Waals surface area contributed by atoms with Crippen molar-refractivity contribution in [2.45, 2.75) is 37.7 Å². The van der Waals surface area contributed by atoms with Crippen LogP contribution < -0.4 is 5.32 Å². The highest BCUT2D eigenvalue weighted by atomic mass is 16.3. The van der Waals surface area contributed by atoms with Gasteiger partial charge >= 0.3 is 0 Å². The third kappa shape index (κ3) is 3.12. The molecule has 0 aromatic carbocycles. The summed E-state index contributed by atoms with van der Waals surface area (Å²) < 4.78 is 0. The number of fused-ring (bicyclic) bond motifs is 1. The Morgan fingerprint density at radius 3 is 3.11 bits per heavy atom. The first-order chi connectivity index (χ1) is 8.64. The summed E-state index contributed by atoms with van der Waals surface area (Å²) in [4.78, 5) is 13.8. The minimum absolute atomic E-state index is 0.0520. The Bertz CT molecular complexity index is 319. The van der Waals surface area contributed by atoms with Crippen LogP contribution in [-0.4, -0.2) is 47.7 Å². The molecule has 1 heterocycles. The van der Waals surface area contributed by atoms with Gasteiger partial charge in [-0.2, -0.15) is 0 Å². The normalized spacial score (nSPS) is 32.6. The van der Waals surface area contributed by atoms with E-state index in [-0.39, 0.29) is 5.91 Å². The van der Waals surface area contributed by atoms with Gasteiger partial charge in [-0.05, 0) is 19.3 Å². The van der Waals surface area contributed by atoms with Gasteiger partial charge in [-0.3, -0.25) is 9.69 Å². The average molecular weight is 252 g/mol. The van der Waals surface area contributed by atoms with Crippen LogP contribution in [0.4, 0.5) is 0 Å². The Hall–Kier alpha value is -0.870. The van der Waals surface area contributed by atoms with Crippen LogP contribution in [0.1, 0.15) is 32.1 Å². The maximum absolute atomic E-state index is 11.6. The fraction of sp³-hybridized carbons (Fsp3) is 0.786. The van der Waals surface area contributed by atoms with E-state index in [4.69, 9.17) is 0 Å². The first-order valence-electron chi connectivity index (χ1n) is 6.96. The van der Waals surface area contributed by atoms with Gasteiger partial charge < -0.3 is 10.4 Å². The largest absolute Gasteiger partial charge is 0.390 e. The van der Waals surface area contributed by atoms with Crippen molar-refractivity contribution in [3.8, 4) is 0 Å². The zero-order chi connectivity index (χ0) is 13.0. The molecule has 2 atom stereocenters. The molecule has 0 aromatic heterocycles. The van der Waals surface area contributed by atoms with Crippen LogP contribution in [0.3, 0.4) is 0 Å². The number of piperidine rings is 1. The first-order valence-corrected chi connectivity index (χ1v) is 6.96. The third-order valence-electron chi connectivity index (χ3n) is 4.32. The molecule has 0 spiro atoms. The summed E-state index contributed by atoms with van der Waals surface area (Å²) >= 11 is 0. The summed E-state index contributed by atoms with van der Waals surface area (Å²) in [6.45, 7) is 6.24. The zero-order valence-corrected chi connectivity index (χ0v) is 11.0. The number of carbonyl (C=O) groups is 1. The van der Waals surface area contributed by atoms with Gasteiger partial charge in [-0.15, -0.1) is 6.58 Å². The molecule has 2 fully saturated rings. The summed E-state index contributed by atoms with van der Waals surface area (Å²) in [6, 6.07) is 0. The number of hydrogen-bond acceptors (Lipinski definition) is 3. The van der Waals surface area contributed by atoms with E-state index in [1.54, 1.807) is 6.08 Å². The van der Waals surface area contributed by atoms with Gasteiger partial charge in [0, 0.05) is 25.6 Å². The van der Waals surface area contributed by atoms with Crippen LogP contribution >= 0.6 is 0 Å². The van der Waals surface area contributed by atoms with E-state index in [1.807, 2.05) is 0 Å². The fourth-order valence-electron chi connectivity index (χ4n) is 3.23. The SMILES string of the molecule is C=CCNC(=O)CN1CCC2(O)CCCCC2C1. The predicted molar refractivity (Wildman–Crippen MR) is 71.2 cm³/mol. The van der Waals surface area contributed by atoms with Gasteiger partial charge in [0.1, 0.15) is 0 Å². The lowest BCUT2D eigenvalue weighted by atomic mass is 9.71. The summed E-state index contributed by atoms with van der Waals surface area (Å²) in [6.07, 6.45) is 6.89. The zero-order valence-electron chi connectivity index (χ0n) is 11.0. The lowest BCUT2D eigenvalue weighted by molar-refractivity contribution is -0.127. The number of nitrogens with one attached hydrogen (secondary N) is 1. The number of rotatable bonds is 4. The lowest BCUT2D eigenvalue weighted by Gasteiger charge is -2.47. The Morgan fingerprint density at radius 1 is 1.50 bits per heavy atom. The van der Waals surface area contributed by atoms with E-state index in [9.17, 15) is 9.90 Å². The van der Waals surface area contributed by atoms with Gasteiger partial charge in [-0.1, -0.05) is 18.9 Å². The smallest absolute Gasteiger partial charge is 0.234 e. The highest BCUT2D eigenvalue weighted by Gasteiger charge is 2.42. The van der Waals surface area contributed by atoms with Crippen LogP contribution in [0.15, 0.2) is 12.7 Å². The van der Waals surface area contributed by atoms with E-state index in [0.717, 1.165) is 38.8 Å². The molecule has 0 aromatic rings. The summed E-state index contributed by atoms with van der Waals surface area (Å²) in [5.74, 6) is 0.406. The summed E-state index contributed by atoms with van der Waals surface area (Å²) in [5, 5.41) is 13.3. The molecule has 4 heteroatoms. The second-order valence-electron chi connectivity index (χ2n) is 5.62. The molecule has 102 valence electrons. The maximum atomic E-state index is 11.6. The molecule has 0 radical (unpaired) electrons. The van der Waals surface area contributed by atoms with Crippen molar-refractivity contribution in [2.24, 2.45) is 5.92 Å². The van der Waals surface area contributed by atoms with Gasteiger partial charge in [0.05, 0.1) is 12.1 Å². The molecule has 2 aliphatic rings. The molecule has 1 saturated heterocycles. The monoisotopic (exact) mass is 252 g/mol. The van der Waals surface area contributed by atoms with Gasteiger partial charge in [-0.25, -0.2) is 0 Å². The number of carbonyl (C=O) groups excluding carboxylic acids is 1. The molecule has 2 rings (SSSR count). The van der Waals surface area contributed by atoms with E-state index in [0.29, 0.717) is 19.0 Å². The van der Waals surface area contributed by atoms with Crippen molar-refractivity contribution in [3.63, 3.8) is 0 Å². The van der Waals surface area contributed by atoms with E-state index < -0.39 is 5.60 Å². The molecule has 0 bridgehead atoms. The molecule has 1 saturated carbocycles. The maximum Gasteiger partial charge on any atom is 0.234 e. The highest BCUT2D eigenvalue weighted by Crippen LogP contribution is 2.39. The average Bonchev–Trinajstić information content (AvgIpc) is 2.36. The standard InChI is InChI=1S/C14H24N2O2/c1-2-8-15-13(17)11-16-9-7-14(18)6-4-3-5-12(14)10-16/h2,12,18H,1,3-11H2,(H,15,17). The van der Waals surface area contributed by atoms with Crippen molar-refractivity contribution in [1.82, 2.24) is 10.2 Å². The van der Waals surface area contributed by atoms with Crippen LogP contribution in [0.25, 0.3) is 0 Å². The summed E-state index contributed by atoms with van der Waals surface area (Å²) in [7, 11) is 0. The van der Waals surface area contributed by atoms with Crippen molar-refractivity contribution in [1.29, 1.82) is 0 Å². The second kappa shape index (κ2) is 5.85. The summed E-state index contributed by atoms with van der Waals surface area (Å²) in [5.41, 5.74) is -0.452. The Kier molecular flexibility index (Phi) is 4.40. The molecule has 18 heavy (non-hydrogen) atoms. The van der Waals surface area contributed by atoms with Crippen LogP contribution in [0.2, 0.25) is 0 Å². The first kappa shape index (κ1) is 13.6. The number of amides is 1. The van der Waals surface area contributed by atoms with Crippen molar-refractivity contribution >= 4 is 5.91 Å². The fourth-order valence-corrected chi connectivity index (χ4v) is 3.23. The quantitative estimate of drug-likeness (QED) is 0.731. The van der Waals surface area contributed by atoms with E-state index >= 15 is 0 Å². The number of nitrogens with zero attached hydrogens (tertiary/aromatic N) is 1.